The highest BCUT2D eigenvalue weighted by atomic mass is 32.1. The van der Waals surface area contributed by atoms with Crippen LogP contribution in [0.5, 0.6) is 0 Å². The number of rotatable bonds is 4. The summed E-state index contributed by atoms with van der Waals surface area (Å²) in [6.45, 7) is 1.72. The molecule has 1 aromatic rings. The van der Waals surface area contributed by atoms with E-state index in [-0.39, 0.29) is 6.61 Å². The van der Waals surface area contributed by atoms with Gasteiger partial charge in [0, 0.05) is 0 Å². The number of hydrogen-bond acceptors (Lipinski definition) is 3. The predicted octanol–water partition coefficient (Wildman–Crippen LogP) is 1.76. The van der Waals surface area contributed by atoms with Gasteiger partial charge in [-0.15, -0.1) is 12.6 Å². The lowest BCUT2D eigenvalue weighted by atomic mass is 10.2. The zero-order valence-electron chi connectivity index (χ0n) is 8.84. The van der Waals surface area contributed by atoms with Crippen LogP contribution < -0.4 is 5.32 Å². The van der Waals surface area contributed by atoms with E-state index in [9.17, 15) is 9.59 Å². The molecule has 0 saturated carbocycles. The zero-order chi connectivity index (χ0) is 12.0. The normalized spacial score (nSPS) is 11.6. The fraction of sp³-hybridized carbons (Fsp3) is 0.273. The summed E-state index contributed by atoms with van der Waals surface area (Å²) < 4.78 is 4.91. The van der Waals surface area contributed by atoms with Crippen LogP contribution in [0.25, 0.3) is 0 Å². The van der Waals surface area contributed by atoms with Crippen molar-refractivity contribution in [2.45, 2.75) is 19.6 Å². The van der Waals surface area contributed by atoms with E-state index >= 15 is 0 Å². The van der Waals surface area contributed by atoms with Gasteiger partial charge in [0.1, 0.15) is 6.61 Å². The highest BCUT2D eigenvalue weighted by Crippen LogP contribution is 2.00. The Balaban J connectivity index is 2.33. The molecular weight excluding hydrogens is 226 g/mol. The monoisotopic (exact) mass is 239 g/mol. The maximum absolute atomic E-state index is 11.2. The first-order valence-electron chi connectivity index (χ1n) is 4.79. The summed E-state index contributed by atoms with van der Waals surface area (Å²) in [4.78, 5) is 22.0. The highest BCUT2D eigenvalue weighted by Gasteiger charge is 2.12. The Hall–Kier alpha value is -1.49. The molecule has 1 atom stereocenters. The number of hydrogen-bond donors (Lipinski definition) is 2. The average molecular weight is 239 g/mol. The molecule has 1 rings (SSSR count). The van der Waals surface area contributed by atoms with Gasteiger partial charge in [-0.3, -0.25) is 4.79 Å². The lowest BCUT2D eigenvalue weighted by Crippen LogP contribution is -2.36. The van der Waals surface area contributed by atoms with Gasteiger partial charge < -0.3 is 10.1 Å². The van der Waals surface area contributed by atoms with Crippen LogP contribution in [0.4, 0.5) is 4.79 Å². The molecular formula is C11H13NO3S. The predicted molar refractivity (Wildman–Crippen MR) is 63.2 cm³/mol. The van der Waals surface area contributed by atoms with E-state index < -0.39 is 17.3 Å². The number of alkyl carbamates (subject to hydrolysis) is 1. The molecule has 0 heterocycles. The molecule has 16 heavy (non-hydrogen) atoms. The molecule has 0 radical (unpaired) electrons. The van der Waals surface area contributed by atoms with Gasteiger partial charge in [0.15, 0.2) is 0 Å². The second-order valence-electron chi connectivity index (χ2n) is 3.27. The van der Waals surface area contributed by atoms with Crippen molar-refractivity contribution in [3.8, 4) is 0 Å². The lowest BCUT2D eigenvalue weighted by molar-refractivity contribution is -0.112. The van der Waals surface area contributed by atoms with Crippen LogP contribution in [-0.2, 0) is 16.1 Å². The third-order valence-corrected chi connectivity index (χ3v) is 2.30. The van der Waals surface area contributed by atoms with Crippen molar-refractivity contribution in [1.82, 2.24) is 5.32 Å². The molecule has 1 N–H and O–H groups in total. The summed E-state index contributed by atoms with van der Waals surface area (Å²) in [5.74, 6) is 0. The molecule has 0 aliphatic carbocycles. The number of amides is 1. The Morgan fingerprint density at radius 2 is 2.00 bits per heavy atom. The van der Waals surface area contributed by atoms with Gasteiger partial charge >= 0.3 is 6.09 Å². The molecule has 0 aromatic heterocycles. The summed E-state index contributed by atoms with van der Waals surface area (Å²) in [6.07, 6.45) is -0.626. The minimum atomic E-state index is -0.647. The fourth-order valence-electron chi connectivity index (χ4n) is 1.00. The Morgan fingerprint density at radius 3 is 2.56 bits per heavy atom. The number of ether oxygens (including phenoxy) is 1. The summed E-state index contributed by atoms with van der Waals surface area (Å²) >= 11 is 3.60. The second kappa shape index (κ2) is 6.17. The number of benzene rings is 1. The molecule has 1 amide bonds. The van der Waals surface area contributed by atoms with E-state index in [1.165, 1.54) is 0 Å². The molecule has 0 bridgehead atoms. The van der Waals surface area contributed by atoms with E-state index in [0.717, 1.165) is 5.56 Å². The number of carbonyl (C=O) groups excluding carboxylic acids is 2. The van der Waals surface area contributed by atoms with Crippen LogP contribution in [0.3, 0.4) is 0 Å². The number of carbonyl (C=O) groups is 2. The molecule has 0 spiro atoms. The first-order chi connectivity index (χ1) is 7.59. The molecule has 0 fully saturated rings. The summed E-state index contributed by atoms with van der Waals surface area (Å²) in [5.41, 5.74) is 0.891. The quantitative estimate of drug-likeness (QED) is 0.787. The van der Waals surface area contributed by atoms with E-state index in [2.05, 4.69) is 17.9 Å². The third-order valence-electron chi connectivity index (χ3n) is 1.92. The molecule has 5 heteroatoms. The van der Waals surface area contributed by atoms with Crippen molar-refractivity contribution in [3.05, 3.63) is 35.9 Å². The smallest absolute Gasteiger partial charge is 0.408 e. The Labute approximate surface area is 99.4 Å². The first-order valence-corrected chi connectivity index (χ1v) is 5.24. The second-order valence-corrected chi connectivity index (χ2v) is 3.71. The van der Waals surface area contributed by atoms with Gasteiger partial charge in [-0.05, 0) is 12.5 Å². The fourth-order valence-corrected chi connectivity index (χ4v) is 1.07. The largest absolute Gasteiger partial charge is 0.445 e. The maximum Gasteiger partial charge on any atom is 0.408 e. The average Bonchev–Trinajstić information content (AvgIpc) is 2.27. The molecule has 4 nitrogen and oxygen atoms in total. The molecule has 86 valence electrons. The SMILES string of the molecule is C[C@H](NC(=O)OCc1ccccc1)C(=O)S. The molecule has 0 aliphatic heterocycles. The Kier molecular flexibility index (Phi) is 4.85. The zero-order valence-corrected chi connectivity index (χ0v) is 9.74. The van der Waals surface area contributed by atoms with E-state index in [1.807, 2.05) is 30.3 Å². The summed E-state index contributed by atoms with van der Waals surface area (Å²) in [7, 11) is 0. The minimum absolute atomic E-state index is 0.181. The molecule has 0 aliphatic rings. The van der Waals surface area contributed by atoms with Crippen molar-refractivity contribution in [3.63, 3.8) is 0 Å². The van der Waals surface area contributed by atoms with Crippen LogP contribution in [0, 0.1) is 0 Å². The van der Waals surface area contributed by atoms with Crippen LogP contribution in [0.15, 0.2) is 30.3 Å². The van der Waals surface area contributed by atoms with Gasteiger partial charge in [-0.1, -0.05) is 30.3 Å². The van der Waals surface area contributed by atoms with Crippen molar-refractivity contribution in [2.75, 3.05) is 0 Å². The third kappa shape index (κ3) is 4.35. The van der Waals surface area contributed by atoms with Gasteiger partial charge in [0.2, 0.25) is 5.12 Å². The van der Waals surface area contributed by atoms with Gasteiger partial charge in [0.25, 0.3) is 0 Å². The number of thiol groups is 1. The number of nitrogens with one attached hydrogen (secondary N) is 1. The standard InChI is InChI=1S/C11H13NO3S/c1-8(10(13)16)12-11(14)15-7-9-5-3-2-4-6-9/h2-6,8H,7H2,1H3,(H,12,14)(H,13,16)/t8-/m0/s1. The molecule has 1 aromatic carbocycles. The van der Waals surface area contributed by atoms with Crippen LogP contribution >= 0.6 is 12.6 Å². The van der Waals surface area contributed by atoms with Crippen LogP contribution in [0.1, 0.15) is 12.5 Å². The highest BCUT2D eigenvalue weighted by molar-refractivity contribution is 7.96. The van der Waals surface area contributed by atoms with Crippen molar-refractivity contribution in [1.29, 1.82) is 0 Å². The minimum Gasteiger partial charge on any atom is -0.445 e. The van der Waals surface area contributed by atoms with Crippen LogP contribution in [0.2, 0.25) is 0 Å². The Morgan fingerprint density at radius 1 is 1.38 bits per heavy atom. The summed E-state index contributed by atoms with van der Waals surface area (Å²) in [5, 5.41) is 1.96. The van der Waals surface area contributed by atoms with E-state index in [4.69, 9.17) is 4.74 Å². The van der Waals surface area contributed by atoms with Crippen LogP contribution in [-0.4, -0.2) is 17.3 Å². The molecule has 0 saturated heterocycles. The van der Waals surface area contributed by atoms with Gasteiger partial charge in [0.05, 0.1) is 6.04 Å². The maximum atomic E-state index is 11.2. The topological polar surface area (TPSA) is 55.4 Å². The van der Waals surface area contributed by atoms with Gasteiger partial charge in [-0.2, -0.15) is 0 Å². The lowest BCUT2D eigenvalue weighted by Gasteiger charge is -2.10. The van der Waals surface area contributed by atoms with Crippen molar-refractivity contribution < 1.29 is 14.3 Å². The Bertz CT molecular complexity index is 367. The summed E-state index contributed by atoms with van der Waals surface area (Å²) in [6, 6.07) is 8.64. The van der Waals surface area contributed by atoms with Gasteiger partial charge in [-0.25, -0.2) is 4.79 Å². The molecule has 0 unspecified atom stereocenters. The first kappa shape index (κ1) is 12.6. The van der Waals surface area contributed by atoms with E-state index in [0.29, 0.717) is 0 Å². The van der Waals surface area contributed by atoms with Crippen molar-refractivity contribution >= 4 is 23.8 Å². The van der Waals surface area contributed by atoms with E-state index in [1.54, 1.807) is 6.92 Å². The van der Waals surface area contributed by atoms with Crippen molar-refractivity contribution in [2.24, 2.45) is 0 Å².